The van der Waals surface area contributed by atoms with Crippen LogP contribution in [0.5, 0.6) is 0 Å². The van der Waals surface area contributed by atoms with Gasteiger partial charge in [-0.25, -0.2) is 0 Å². The zero-order valence-electron chi connectivity index (χ0n) is 12.0. The summed E-state index contributed by atoms with van der Waals surface area (Å²) in [6.45, 7) is 0.770. The number of nitrogens with zero attached hydrogens (tertiary/aromatic N) is 2. The van der Waals surface area contributed by atoms with Gasteiger partial charge in [0.15, 0.2) is 6.10 Å². The highest BCUT2D eigenvalue weighted by atomic mass is 16.3. The molecule has 0 aliphatic carbocycles. The number of fused-ring (bicyclic) bond motifs is 1. The lowest BCUT2D eigenvalue weighted by molar-refractivity contribution is -0.125. The summed E-state index contributed by atoms with van der Waals surface area (Å²) in [7, 11) is 1.64. The SMILES string of the molecule is CN1C(=O)C(O)c2ccc(N3CCCCC3C(N)=O)cc21. The highest BCUT2D eigenvalue weighted by Crippen LogP contribution is 2.38. The van der Waals surface area contributed by atoms with Crippen LogP contribution in [0.25, 0.3) is 0 Å². The molecule has 2 aliphatic heterocycles. The Bertz CT molecular complexity index is 602. The van der Waals surface area contributed by atoms with E-state index in [1.807, 2.05) is 17.0 Å². The van der Waals surface area contributed by atoms with E-state index in [0.29, 0.717) is 11.3 Å². The van der Waals surface area contributed by atoms with E-state index < -0.39 is 6.10 Å². The summed E-state index contributed by atoms with van der Waals surface area (Å²) in [5.41, 5.74) is 7.66. The third-order valence-corrected chi connectivity index (χ3v) is 4.40. The standard InChI is InChI=1S/C15H19N3O3/c1-17-12-8-9(5-6-10(12)13(19)15(17)21)18-7-3-2-4-11(18)14(16)20/h5-6,8,11,13,19H,2-4,7H2,1H3,(H2,16,20). The van der Waals surface area contributed by atoms with E-state index in [2.05, 4.69) is 0 Å². The summed E-state index contributed by atoms with van der Waals surface area (Å²) < 4.78 is 0. The summed E-state index contributed by atoms with van der Waals surface area (Å²) in [4.78, 5) is 26.9. The Morgan fingerprint density at radius 1 is 1.38 bits per heavy atom. The van der Waals surface area contributed by atoms with Gasteiger partial charge in [0, 0.05) is 24.8 Å². The van der Waals surface area contributed by atoms with E-state index >= 15 is 0 Å². The van der Waals surface area contributed by atoms with Crippen LogP contribution in [0.15, 0.2) is 18.2 Å². The summed E-state index contributed by atoms with van der Waals surface area (Å²) in [5, 5.41) is 9.88. The number of aliphatic hydroxyl groups is 1. The second kappa shape index (κ2) is 5.04. The number of hydrogen-bond acceptors (Lipinski definition) is 4. The van der Waals surface area contributed by atoms with Crippen molar-refractivity contribution in [3.05, 3.63) is 23.8 Å². The second-order valence-corrected chi connectivity index (χ2v) is 5.65. The molecule has 2 aliphatic rings. The zero-order chi connectivity index (χ0) is 15.1. The van der Waals surface area contributed by atoms with E-state index in [9.17, 15) is 14.7 Å². The molecule has 2 unspecified atom stereocenters. The van der Waals surface area contributed by atoms with E-state index in [0.717, 1.165) is 31.5 Å². The molecule has 6 heteroatoms. The predicted molar refractivity (Wildman–Crippen MR) is 79.0 cm³/mol. The molecule has 0 saturated carbocycles. The zero-order valence-corrected chi connectivity index (χ0v) is 12.0. The van der Waals surface area contributed by atoms with Gasteiger partial charge >= 0.3 is 0 Å². The van der Waals surface area contributed by atoms with Crippen molar-refractivity contribution in [3.63, 3.8) is 0 Å². The van der Waals surface area contributed by atoms with Crippen LogP contribution >= 0.6 is 0 Å². The normalized spacial score (nSPS) is 25.1. The molecule has 1 aromatic carbocycles. The van der Waals surface area contributed by atoms with Gasteiger partial charge in [-0.2, -0.15) is 0 Å². The molecule has 2 amide bonds. The van der Waals surface area contributed by atoms with Crippen LogP contribution in [0.4, 0.5) is 11.4 Å². The van der Waals surface area contributed by atoms with Crippen LogP contribution in [0.3, 0.4) is 0 Å². The summed E-state index contributed by atoms with van der Waals surface area (Å²) in [5.74, 6) is -0.646. The number of piperidine rings is 1. The molecule has 0 bridgehead atoms. The lowest BCUT2D eigenvalue weighted by Gasteiger charge is -2.36. The molecule has 2 heterocycles. The maximum Gasteiger partial charge on any atom is 0.260 e. The molecule has 0 aromatic heterocycles. The number of hydrogen-bond donors (Lipinski definition) is 2. The number of aliphatic hydroxyl groups excluding tert-OH is 1. The molecule has 3 N–H and O–H groups in total. The fourth-order valence-corrected chi connectivity index (χ4v) is 3.20. The van der Waals surface area contributed by atoms with Gasteiger partial charge in [0.1, 0.15) is 6.04 Å². The molecule has 112 valence electrons. The van der Waals surface area contributed by atoms with Gasteiger partial charge in [-0.1, -0.05) is 6.07 Å². The lowest BCUT2D eigenvalue weighted by atomic mass is 10.00. The van der Waals surface area contributed by atoms with Crippen molar-refractivity contribution in [3.8, 4) is 0 Å². The number of carbonyl (C=O) groups excluding carboxylic acids is 2. The van der Waals surface area contributed by atoms with E-state index in [1.165, 1.54) is 4.90 Å². The van der Waals surface area contributed by atoms with E-state index in [-0.39, 0.29) is 17.9 Å². The monoisotopic (exact) mass is 289 g/mol. The van der Waals surface area contributed by atoms with Crippen molar-refractivity contribution in [2.75, 3.05) is 23.4 Å². The molecule has 1 fully saturated rings. The number of amides is 2. The minimum absolute atomic E-state index is 0.302. The van der Waals surface area contributed by atoms with Crippen molar-refractivity contribution < 1.29 is 14.7 Å². The topological polar surface area (TPSA) is 86.9 Å². The smallest absolute Gasteiger partial charge is 0.260 e. The van der Waals surface area contributed by atoms with E-state index in [1.54, 1.807) is 13.1 Å². The summed E-state index contributed by atoms with van der Waals surface area (Å²) in [6, 6.07) is 5.15. The fraction of sp³-hybridized carbons (Fsp3) is 0.467. The van der Waals surface area contributed by atoms with Crippen LogP contribution in [0.2, 0.25) is 0 Å². The van der Waals surface area contributed by atoms with E-state index in [4.69, 9.17) is 5.73 Å². The van der Waals surface area contributed by atoms with Crippen LogP contribution in [0, 0.1) is 0 Å². The van der Waals surface area contributed by atoms with Crippen molar-refractivity contribution in [2.45, 2.75) is 31.4 Å². The molecule has 6 nitrogen and oxygen atoms in total. The molecule has 0 spiro atoms. The number of benzene rings is 1. The van der Waals surface area contributed by atoms with Gasteiger partial charge in [0.2, 0.25) is 5.91 Å². The van der Waals surface area contributed by atoms with Crippen LogP contribution in [0.1, 0.15) is 30.9 Å². The Morgan fingerprint density at radius 3 is 2.86 bits per heavy atom. The first-order valence-corrected chi connectivity index (χ1v) is 7.16. The number of nitrogens with two attached hydrogens (primary N) is 1. The van der Waals surface area contributed by atoms with Crippen molar-refractivity contribution in [1.82, 2.24) is 0 Å². The minimum Gasteiger partial charge on any atom is -0.378 e. The minimum atomic E-state index is -1.09. The van der Waals surface area contributed by atoms with Gasteiger partial charge in [-0.3, -0.25) is 9.59 Å². The predicted octanol–water partition coefficient (Wildman–Crippen LogP) is 0.541. The van der Waals surface area contributed by atoms with Crippen LogP contribution in [-0.4, -0.2) is 36.6 Å². The van der Waals surface area contributed by atoms with Crippen molar-refractivity contribution in [1.29, 1.82) is 0 Å². The lowest BCUT2D eigenvalue weighted by Crippen LogP contribution is -2.47. The molecular formula is C15H19N3O3. The quantitative estimate of drug-likeness (QED) is 0.832. The molecule has 1 aromatic rings. The molecule has 3 rings (SSSR count). The number of rotatable bonds is 2. The number of anilines is 2. The first kappa shape index (κ1) is 13.9. The van der Waals surface area contributed by atoms with Gasteiger partial charge in [0.05, 0.1) is 5.69 Å². The average Bonchev–Trinajstić information content (AvgIpc) is 2.71. The largest absolute Gasteiger partial charge is 0.378 e. The Balaban J connectivity index is 1.97. The third kappa shape index (κ3) is 2.15. The third-order valence-electron chi connectivity index (χ3n) is 4.40. The van der Waals surface area contributed by atoms with Crippen molar-refractivity contribution in [2.24, 2.45) is 5.73 Å². The Labute approximate surface area is 123 Å². The number of carbonyl (C=O) groups is 2. The van der Waals surface area contributed by atoms with Crippen LogP contribution < -0.4 is 15.5 Å². The maximum atomic E-state index is 11.8. The fourth-order valence-electron chi connectivity index (χ4n) is 3.20. The average molecular weight is 289 g/mol. The Kier molecular flexibility index (Phi) is 3.33. The van der Waals surface area contributed by atoms with Crippen molar-refractivity contribution >= 4 is 23.2 Å². The maximum absolute atomic E-state index is 11.8. The molecular weight excluding hydrogens is 270 g/mol. The van der Waals surface area contributed by atoms with Crippen LogP contribution in [-0.2, 0) is 9.59 Å². The first-order valence-electron chi connectivity index (χ1n) is 7.16. The summed E-state index contributed by atoms with van der Waals surface area (Å²) >= 11 is 0. The Morgan fingerprint density at radius 2 is 2.14 bits per heavy atom. The molecule has 0 radical (unpaired) electrons. The highest BCUT2D eigenvalue weighted by molar-refractivity contribution is 6.04. The molecule has 2 atom stereocenters. The summed E-state index contributed by atoms with van der Waals surface area (Å²) in [6.07, 6.45) is 1.67. The van der Waals surface area contributed by atoms with Gasteiger partial charge in [-0.15, -0.1) is 0 Å². The first-order chi connectivity index (χ1) is 10.0. The molecule has 1 saturated heterocycles. The number of primary amides is 1. The number of likely N-dealkylation sites (N-methyl/N-ethyl adjacent to an activating group) is 1. The van der Waals surface area contributed by atoms with Gasteiger partial charge in [-0.05, 0) is 31.4 Å². The highest BCUT2D eigenvalue weighted by Gasteiger charge is 2.35. The Hall–Kier alpha value is -2.08. The molecule has 21 heavy (non-hydrogen) atoms. The van der Waals surface area contributed by atoms with Gasteiger partial charge < -0.3 is 20.6 Å². The van der Waals surface area contributed by atoms with Gasteiger partial charge in [0.25, 0.3) is 5.91 Å². The second-order valence-electron chi connectivity index (χ2n) is 5.65.